The molecule has 5 heteroatoms. The lowest BCUT2D eigenvalue weighted by molar-refractivity contribution is 0.706. The third-order valence-corrected chi connectivity index (χ3v) is 4.88. The molecule has 0 saturated heterocycles. The fraction of sp³-hybridized carbons (Fsp3) is 0.357. The molecule has 0 aliphatic carbocycles. The van der Waals surface area contributed by atoms with Crippen LogP contribution >= 0.6 is 23.3 Å². The Morgan fingerprint density at radius 1 is 1.37 bits per heavy atom. The molecule has 0 bridgehead atoms. The van der Waals surface area contributed by atoms with Crippen LogP contribution in [0.5, 0.6) is 0 Å². The highest BCUT2D eigenvalue weighted by Gasteiger charge is 2.10. The van der Waals surface area contributed by atoms with Gasteiger partial charge in [0, 0.05) is 6.54 Å². The van der Waals surface area contributed by atoms with Gasteiger partial charge in [-0.2, -0.15) is 4.37 Å². The minimum Gasteiger partial charge on any atom is -0.382 e. The van der Waals surface area contributed by atoms with Crippen LogP contribution in [-0.2, 0) is 0 Å². The Balaban J connectivity index is 1.86. The van der Waals surface area contributed by atoms with Crippen LogP contribution in [0.1, 0.15) is 24.8 Å². The fourth-order valence-electron chi connectivity index (χ4n) is 1.95. The van der Waals surface area contributed by atoms with Crippen molar-refractivity contribution in [3.8, 4) is 0 Å². The molecule has 0 amide bonds. The van der Waals surface area contributed by atoms with Crippen LogP contribution in [0.2, 0.25) is 0 Å². The number of nitrogens with two attached hydrogens (primary N) is 1. The Kier molecular flexibility index (Phi) is 5.10. The molecule has 102 valence electrons. The van der Waals surface area contributed by atoms with E-state index in [9.17, 15) is 0 Å². The summed E-state index contributed by atoms with van der Waals surface area (Å²) in [7, 11) is 0. The zero-order valence-electron chi connectivity index (χ0n) is 11.2. The van der Waals surface area contributed by atoms with Gasteiger partial charge in [0.1, 0.15) is 5.00 Å². The quantitative estimate of drug-likeness (QED) is 0.789. The van der Waals surface area contributed by atoms with E-state index in [1.54, 1.807) is 11.8 Å². The van der Waals surface area contributed by atoms with Crippen LogP contribution in [0.25, 0.3) is 0 Å². The number of nitrogens with zero attached hydrogens (tertiary/aromatic N) is 1. The molecule has 1 aromatic heterocycles. The molecular formula is C14H19N3S2. The Hall–Kier alpha value is -1.20. The molecule has 3 N–H and O–H groups in total. The number of anilines is 2. The van der Waals surface area contributed by atoms with Crippen molar-refractivity contribution < 1.29 is 0 Å². The normalized spacial score (nSPS) is 12.3. The van der Waals surface area contributed by atoms with Gasteiger partial charge >= 0.3 is 0 Å². The summed E-state index contributed by atoms with van der Waals surface area (Å²) in [5.74, 6) is 1.19. The van der Waals surface area contributed by atoms with Gasteiger partial charge in [-0.25, -0.2) is 0 Å². The highest BCUT2D eigenvalue weighted by molar-refractivity contribution is 7.99. The third-order valence-electron chi connectivity index (χ3n) is 3.11. The van der Waals surface area contributed by atoms with E-state index in [0.717, 1.165) is 22.9 Å². The molecule has 0 saturated carbocycles. The van der Waals surface area contributed by atoms with Crippen LogP contribution in [0.15, 0.2) is 35.2 Å². The van der Waals surface area contributed by atoms with E-state index >= 15 is 0 Å². The van der Waals surface area contributed by atoms with Crippen molar-refractivity contribution in [2.45, 2.75) is 24.2 Å². The monoisotopic (exact) mass is 293 g/mol. The molecule has 1 unspecified atom stereocenters. The number of nitrogens with one attached hydrogen (secondary N) is 1. The maximum Gasteiger partial charge on any atom is 0.153 e. The summed E-state index contributed by atoms with van der Waals surface area (Å²) < 4.78 is 4.18. The smallest absolute Gasteiger partial charge is 0.153 e. The number of nitrogen functional groups attached to an aromatic ring is 1. The maximum absolute atomic E-state index is 5.81. The molecule has 0 radical (unpaired) electrons. The van der Waals surface area contributed by atoms with E-state index in [2.05, 4.69) is 46.9 Å². The molecule has 1 heterocycles. The second kappa shape index (κ2) is 6.82. The largest absolute Gasteiger partial charge is 0.382 e. The second-order valence-corrected chi connectivity index (χ2v) is 6.05. The Bertz CT molecular complexity index is 511. The molecule has 0 fully saturated rings. The number of hydrogen-bond acceptors (Lipinski definition) is 5. The average Bonchev–Trinajstić information content (AvgIpc) is 2.80. The number of thioether (sulfide) groups is 1. The lowest BCUT2D eigenvalue weighted by Gasteiger charge is -2.12. The van der Waals surface area contributed by atoms with Crippen molar-refractivity contribution in [3.63, 3.8) is 0 Å². The van der Waals surface area contributed by atoms with Gasteiger partial charge in [0.15, 0.2) is 5.82 Å². The summed E-state index contributed by atoms with van der Waals surface area (Å²) >= 11 is 3.09. The highest BCUT2D eigenvalue weighted by Crippen LogP contribution is 2.34. The molecule has 0 aliphatic rings. The zero-order valence-corrected chi connectivity index (χ0v) is 12.9. The number of benzene rings is 1. The van der Waals surface area contributed by atoms with Crippen molar-refractivity contribution in [3.05, 3.63) is 35.9 Å². The van der Waals surface area contributed by atoms with Gasteiger partial charge < -0.3 is 11.1 Å². The summed E-state index contributed by atoms with van der Waals surface area (Å²) in [4.78, 5) is 1.07. The summed E-state index contributed by atoms with van der Waals surface area (Å²) in [6.45, 7) is 3.19. The lowest BCUT2D eigenvalue weighted by Crippen LogP contribution is -2.05. The first-order valence-electron chi connectivity index (χ1n) is 6.30. The van der Waals surface area contributed by atoms with Crippen molar-refractivity contribution in [1.82, 2.24) is 4.37 Å². The van der Waals surface area contributed by atoms with Gasteiger partial charge in [0.25, 0.3) is 0 Å². The molecular weight excluding hydrogens is 274 g/mol. The van der Waals surface area contributed by atoms with Crippen molar-refractivity contribution >= 4 is 34.1 Å². The van der Waals surface area contributed by atoms with Crippen LogP contribution < -0.4 is 11.1 Å². The number of rotatable bonds is 6. The van der Waals surface area contributed by atoms with E-state index in [-0.39, 0.29) is 0 Å². The fourth-order valence-corrected chi connectivity index (χ4v) is 3.52. The van der Waals surface area contributed by atoms with Gasteiger partial charge in [-0.15, -0.1) is 11.8 Å². The summed E-state index contributed by atoms with van der Waals surface area (Å²) in [5, 5.41) is 4.53. The van der Waals surface area contributed by atoms with Crippen molar-refractivity contribution in [2.24, 2.45) is 0 Å². The zero-order chi connectivity index (χ0) is 13.7. The molecule has 0 aliphatic heterocycles. The van der Waals surface area contributed by atoms with Crippen molar-refractivity contribution in [2.75, 3.05) is 23.9 Å². The average molecular weight is 293 g/mol. The van der Waals surface area contributed by atoms with E-state index in [0.29, 0.717) is 11.7 Å². The van der Waals surface area contributed by atoms with E-state index in [4.69, 9.17) is 5.73 Å². The minimum atomic E-state index is 0.552. The first kappa shape index (κ1) is 14.2. The molecule has 1 aromatic carbocycles. The Morgan fingerprint density at radius 3 is 2.79 bits per heavy atom. The van der Waals surface area contributed by atoms with Crippen LogP contribution in [0.4, 0.5) is 10.8 Å². The third kappa shape index (κ3) is 3.64. The minimum absolute atomic E-state index is 0.552. The predicted octanol–water partition coefficient (Wildman–Crippen LogP) is 4.05. The van der Waals surface area contributed by atoms with E-state index < -0.39 is 0 Å². The van der Waals surface area contributed by atoms with Gasteiger partial charge in [-0.1, -0.05) is 37.3 Å². The molecule has 1 atom stereocenters. The summed E-state index contributed by atoms with van der Waals surface area (Å²) in [6.07, 6.45) is 3.12. The molecule has 0 spiro atoms. The predicted molar refractivity (Wildman–Crippen MR) is 86.3 cm³/mol. The Labute approximate surface area is 122 Å². The molecule has 3 nitrogen and oxygen atoms in total. The standard InChI is InChI=1S/C14H19N3S2/c1-10(11-6-4-3-5-7-11)8-9-16-14-12(18-2)13(15)17-19-14/h3-7,10,16H,8-9H2,1-2H3,(H2,15,17). The van der Waals surface area contributed by atoms with Gasteiger partial charge in [0.2, 0.25) is 0 Å². The van der Waals surface area contributed by atoms with Crippen LogP contribution in [-0.4, -0.2) is 17.2 Å². The summed E-state index contributed by atoms with van der Waals surface area (Å²) in [6, 6.07) is 10.6. The maximum atomic E-state index is 5.81. The van der Waals surface area contributed by atoms with Crippen molar-refractivity contribution in [1.29, 1.82) is 0 Å². The highest BCUT2D eigenvalue weighted by atomic mass is 32.2. The molecule has 2 rings (SSSR count). The first-order chi connectivity index (χ1) is 9.22. The summed E-state index contributed by atoms with van der Waals surface area (Å²) in [5.41, 5.74) is 7.20. The van der Waals surface area contributed by atoms with Gasteiger partial charge in [0.05, 0.1) is 4.90 Å². The Morgan fingerprint density at radius 2 is 2.11 bits per heavy atom. The second-order valence-electron chi connectivity index (χ2n) is 4.46. The van der Waals surface area contributed by atoms with Crippen LogP contribution in [0.3, 0.4) is 0 Å². The van der Waals surface area contributed by atoms with E-state index in [1.165, 1.54) is 17.1 Å². The lowest BCUT2D eigenvalue weighted by atomic mass is 9.98. The number of aromatic nitrogens is 1. The number of hydrogen-bond donors (Lipinski definition) is 2. The van der Waals surface area contributed by atoms with Gasteiger partial charge in [-0.3, -0.25) is 0 Å². The molecule has 19 heavy (non-hydrogen) atoms. The first-order valence-corrected chi connectivity index (χ1v) is 8.30. The van der Waals surface area contributed by atoms with E-state index in [1.807, 2.05) is 6.26 Å². The van der Waals surface area contributed by atoms with Gasteiger partial charge in [-0.05, 0) is 35.7 Å². The SMILES string of the molecule is CSc1c(N)nsc1NCCC(C)c1ccccc1. The topological polar surface area (TPSA) is 50.9 Å². The molecule has 2 aromatic rings. The van der Waals surface area contributed by atoms with Crippen LogP contribution in [0, 0.1) is 0 Å².